The predicted octanol–water partition coefficient (Wildman–Crippen LogP) is 6.59. The van der Waals surface area contributed by atoms with Gasteiger partial charge in [-0.05, 0) is 19.3 Å². The van der Waals surface area contributed by atoms with E-state index in [9.17, 15) is 4.79 Å². The third-order valence-electron chi connectivity index (χ3n) is 4.06. The van der Waals surface area contributed by atoms with Gasteiger partial charge in [-0.1, -0.05) is 91.1 Å². The first-order valence-corrected chi connectivity index (χ1v) is 9.57. The molecule has 0 aromatic heterocycles. The molecule has 2 heteroatoms. The highest BCUT2D eigenvalue weighted by Crippen LogP contribution is 2.14. The van der Waals surface area contributed by atoms with Crippen LogP contribution in [0.25, 0.3) is 0 Å². The van der Waals surface area contributed by atoms with Crippen molar-refractivity contribution in [3.63, 3.8) is 0 Å². The number of rotatable bonds is 16. The molecule has 130 valence electrons. The second kappa shape index (κ2) is 16.6. The maximum absolute atomic E-state index is 11.5. The average Bonchev–Trinajstić information content (AvgIpc) is 2.53. The number of ether oxygens (including phenoxy) is 1. The third kappa shape index (κ3) is 14.2. The van der Waals surface area contributed by atoms with E-state index < -0.39 is 0 Å². The van der Waals surface area contributed by atoms with E-state index in [1.807, 2.05) is 6.92 Å². The Balaban J connectivity index is 3.23. The number of unbranched alkanes of at least 4 members (excludes halogenated alkanes) is 11. The van der Waals surface area contributed by atoms with Crippen molar-refractivity contribution in [1.29, 1.82) is 0 Å². The average molecular weight is 311 g/mol. The lowest BCUT2D eigenvalue weighted by atomic mass is 10.0. The van der Waals surface area contributed by atoms with Gasteiger partial charge in [-0.15, -0.1) is 0 Å². The van der Waals surface area contributed by atoms with Crippen LogP contribution < -0.4 is 0 Å². The Kier molecular flexibility index (Phi) is 16.0. The molecule has 2 nitrogen and oxygen atoms in total. The molecule has 0 bridgehead atoms. The van der Waals surface area contributed by atoms with E-state index in [1.165, 1.54) is 70.6 Å². The van der Waals surface area contributed by atoms with Crippen LogP contribution in [0.15, 0.2) is 12.2 Å². The van der Waals surface area contributed by atoms with Crippen LogP contribution in [0.2, 0.25) is 0 Å². The number of hydrogen-bond acceptors (Lipinski definition) is 2. The number of carbonyl (C=O) groups excluding carboxylic acids is 1. The van der Waals surface area contributed by atoms with Gasteiger partial charge >= 0.3 is 5.97 Å². The summed E-state index contributed by atoms with van der Waals surface area (Å²) in [6, 6.07) is 0. The Hall–Kier alpha value is -0.790. The fraction of sp³-hybridized carbons (Fsp3) is 0.850. The van der Waals surface area contributed by atoms with Gasteiger partial charge in [0.15, 0.2) is 0 Å². The van der Waals surface area contributed by atoms with Gasteiger partial charge < -0.3 is 4.74 Å². The van der Waals surface area contributed by atoms with Crippen molar-refractivity contribution < 1.29 is 9.53 Å². The van der Waals surface area contributed by atoms with Crippen LogP contribution in [-0.4, -0.2) is 12.6 Å². The summed E-state index contributed by atoms with van der Waals surface area (Å²) in [4.78, 5) is 11.5. The van der Waals surface area contributed by atoms with Gasteiger partial charge in [0, 0.05) is 5.57 Å². The van der Waals surface area contributed by atoms with Crippen molar-refractivity contribution in [1.82, 2.24) is 0 Å². The van der Waals surface area contributed by atoms with Crippen LogP contribution in [0.3, 0.4) is 0 Å². The summed E-state index contributed by atoms with van der Waals surface area (Å²) < 4.78 is 5.07. The molecule has 0 aliphatic heterocycles. The van der Waals surface area contributed by atoms with Gasteiger partial charge in [0.1, 0.15) is 0 Å². The van der Waals surface area contributed by atoms with Crippen molar-refractivity contribution in [2.24, 2.45) is 0 Å². The molecule has 0 aliphatic carbocycles. The van der Waals surface area contributed by atoms with Crippen LogP contribution in [0.1, 0.15) is 104 Å². The first-order chi connectivity index (χ1) is 10.7. The van der Waals surface area contributed by atoms with Gasteiger partial charge in [-0.2, -0.15) is 0 Å². The van der Waals surface area contributed by atoms with Gasteiger partial charge in [-0.25, -0.2) is 4.79 Å². The maximum Gasteiger partial charge on any atom is 0.333 e. The molecule has 0 aliphatic rings. The molecule has 0 heterocycles. The summed E-state index contributed by atoms with van der Waals surface area (Å²) in [5.41, 5.74) is 0.639. The Bertz CT molecular complexity index is 271. The SMILES string of the molecule is C=C(CCCCCCCCCCCCCC)C(=O)OCCC. The first kappa shape index (κ1) is 21.2. The highest BCUT2D eigenvalue weighted by Gasteiger charge is 2.07. The minimum absolute atomic E-state index is 0.204. The molecule has 0 rings (SSSR count). The summed E-state index contributed by atoms with van der Waals surface area (Å²) in [6.07, 6.45) is 17.7. The lowest BCUT2D eigenvalue weighted by Crippen LogP contribution is -2.07. The zero-order valence-electron chi connectivity index (χ0n) is 15.1. The minimum atomic E-state index is -0.204. The Labute approximate surface area is 138 Å². The van der Waals surface area contributed by atoms with E-state index in [0.717, 1.165) is 19.3 Å². The highest BCUT2D eigenvalue weighted by molar-refractivity contribution is 5.87. The molecule has 0 saturated heterocycles. The van der Waals surface area contributed by atoms with Crippen LogP contribution in [0.5, 0.6) is 0 Å². The van der Waals surface area contributed by atoms with E-state index in [-0.39, 0.29) is 5.97 Å². The minimum Gasteiger partial charge on any atom is -0.462 e. The molecule has 0 N–H and O–H groups in total. The summed E-state index contributed by atoms with van der Waals surface area (Å²) in [7, 11) is 0. The van der Waals surface area contributed by atoms with E-state index in [2.05, 4.69) is 13.5 Å². The van der Waals surface area contributed by atoms with Crippen molar-refractivity contribution >= 4 is 5.97 Å². The largest absolute Gasteiger partial charge is 0.462 e. The fourth-order valence-electron chi connectivity index (χ4n) is 2.58. The highest BCUT2D eigenvalue weighted by atomic mass is 16.5. The van der Waals surface area contributed by atoms with E-state index in [4.69, 9.17) is 4.74 Å². The molecule has 0 spiro atoms. The van der Waals surface area contributed by atoms with Crippen molar-refractivity contribution in [3.05, 3.63) is 12.2 Å². The standard InChI is InChI=1S/C20H38O2/c1-4-6-7-8-9-10-11-12-13-14-15-16-17-19(3)20(21)22-18-5-2/h3-18H2,1-2H3. The molecule has 0 atom stereocenters. The molecule has 0 fully saturated rings. The zero-order chi connectivity index (χ0) is 16.5. The van der Waals surface area contributed by atoms with Gasteiger partial charge in [-0.3, -0.25) is 0 Å². The topological polar surface area (TPSA) is 26.3 Å². The van der Waals surface area contributed by atoms with Crippen molar-refractivity contribution in [2.75, 3.05) is 6.61 Å². The molecule has 0 unspecified atom stereocenters. The predicted molar refractivity (Wildman–Crippen MR) is 96.1 cm³/mol. The van der Waals surface area contributed by atoms with Crippen molar-refractivity contribution in [3.8, 4) is 0 Å². The lowest BCUT2D eigenvalue weighted by Gasteiger charge is -2.06. The van der Waals surface area contributed by atoms with Crippen molar-refractivity contribution in [2.45, 2.75) is 104 Å². The van der Waals surface area contributed by atoms with Crippen LogP contribution in [-0.2, 0) is 9.53 Å². The third-order valence-corrected chi connectivity index (χ3v) is 4.06. The molecule has 0 amide bonds. The quantitative estimate of drug-likeness (QED) is 0.183. The van der Waals surface area contributed by atoms with Gasteiger partial charge in [0.25, 0.3) is 0 Å². The monoisotopic (exact) mass is 310 g/mol. The number of carbonyl (C=O) groups is 1. The molecular formula is C20H38O2. The van der Waals surface area contributed by atoms with Gasteiger partial charge in [0.2, 0.25) is 0 Å². The number of esters is 1. The summed E-state index contributed by atoms with van der Waals surface area (Å²) in [5.74, 6) is -0.204. The molecular weight excluding hydrogens is 272 g/mol. The second-order valence-corrected chi connectivity index (χ2v) is 6.38. The smallest absolute Gasteiger partial charge is 0.333 e. The van der Waals surface area contributed by atoms with E-state index in [1.54, 1.807) is 0 Å². The normalized spacial score (nSPS) is 10.6. The second-order valence-electron chi connectivity index (χ2n) is 6.38. The molecule has 0 aromatic rings. The lowest BCUT2D eigenvalue weighted by molar-refractivity contribution is -0.139. The van der Waals surface area contributed by atoms with E-state index in [0.29, 0.717) is 12.2 Å². The van der Waals surface area contributed by atoms with Gasteiger partial charge in [0.05, 0.1) is 6.61 Å². The summed E-state index contributed by atoms with van der Waals surface area (Å²) in [5, 5.41) is 0. The van der Waals surface area contributed by atoms with E-state index >= 15 is 0 Å². The zero-order valence-corrected chi connectivity index (χ0v) is 15.1. The molecule has 22 heavy (non-hydrogen) atoms. The fourth-order valence-corrected chi connectivity index (χ4v) is 2.58. The molecule has 0 aromatic carbocycles. The summed E-state index contributed by atoms with van der Waals surface area (Å²) in [6.45, 7) is 8.60. The Morgan fingerprint density at radius 1 is 0.727 bits per heavy atom. The maximum atomic E-state index is 11.5. The molecule has 0 radical (unpaired) electrons. The Morgan fingerprint density at radius 3 is 1.64 bits per heavy atom. The summed E-state index contributed by atoms with van der Waals surface area (Å²) >= 11 is 0. The Morgan fingerprint density at radius 2 is 1.18 bits per heavy atom. The van der Waals surface area contributed by atoms with Crippen LogP contribution in [0, 0.1) is 0 Å². The first-order valence-electron chi connectivity index (χ1n) is 9.57. The molecule has 0 saturated carbocycles. The van der Waals surface area contributed by atoms with Crippen LogP contribution >= 0.6 is 0 Å². The van der Waals surface area contributed by atoms with Crippen LogP contribution in [0.4, 0.5) is 0 Å². The number of hydrogen-bond donors (Lipinski definition) is 0.